The van der Waals surface area contributed by atoms with E-state index in [1.807, 2.05) is 0 Å². The van der Waals surface area contributed by atoms with E-state index in [-0.39, 0.29) is 6.04 Å². The maximum atomic E-state index is 8.97. The van der Waals surface area contributed by atoms with Gasteiger partial charge in [0.1, 0.15) is 17.7 Å². The molecule has 0 fully saturated rings. The largest absolute Gasteiger partial charge is 0.359 e. The van der Waals surface area contributed by atoms with Crippen molar-refractivity contribution in [3.63, 3.8) is 0 Å². The van der Waals surface area contributed by atoms with Crippen molar-refractivity contribution in [2.24, 2.45) is 5.92 Å². The third-order valence-electron chi connectivity index (χ3n) is 3.06. The van der Waals surface area contributed by atoms with Crippen LogP contribution >= 0.6 is 11.6 Å². The van der Waals surface area contributed by atoms with Crippen molar-refractivity contribution in [2.45, 2.75) is 26.8 Å². The highest BCUT2D eigenvalue weighted by Gasteiger charge is 2.20. The molecule has 2 N–H and O–H groups in total. The number of rotatable bonds is 4. The molecular formula is C14H16ClN5. The van der Waals surface area contributed by atoms with Crippen LogP contribution in [0.4, 0.5) is 5.82 Å². The number of nitrogens with one attached hydrogen (secondary N) is 2. The Labute approximate surface area is 123 Å². The first-order chi connectivity index (χ1) is 9.52. The Kier molecular flexibility index (Phi) is 4.26. The lowest BCUT2D eigenvalue weighted by Crippen LogP contribution is -2.19. The molecule has 5 nitrogen and oxygen atoms in total. The predicted molar refractivity (Wildman–Crippen MR) is 78.5 cm³/mol. The van der Waals surface area contributed by atoms with E-state index in [2.05, 4.69) is 40.2 Å². The van der Waals surface area contributed by atoms with Gasteiger partial charge in [-0.15, -0.1) is 0 Å². The standard InChI is InChI=1S/C14H16ClN5/c1-8(2)12(14-17-4-5-18-14)20-13-11(15)6-10(7-16)9(3)19-13/h4-6,8,12H,1-3H3,(H,17,18)(H,19,20)/t12-/m0/s1. The fourth-order valence-electron chi connectivity index (χ4n) is 1.94. The second-order valence-electron chi connectivity index (χ2n) is 4.90. The Bertz CT molecular complexity index is 628. The Balaban J connectivity index is 2.33. The van der Waals surface area contributed by atoms with E-state index in [1.54, 1.807) is 25.4 Å². The van der Waals surface area contributed by atoms with Gasteiger partial charge in [-0.2, -0.15) is 5.26 Å². The summed E-state index contributed by atoms with van der Waals surface area (Å²) in [6.07, 6.45) is 3.50. The molecule has 0 aliphatic carbocycles. The summed E-state index contributed by atoms with van der Waals surface area (Å²) in [5.74, 6) is 1.70. The van der Waals surface area contributed by atoms with Crippen LogP contribution in [0.2, 0.25) is 5.02 Å². The Morgan fingerprint density at radius 3 is 2.75 bits per heavy atom. The molecule has 0 radical (unpaired) electrons. The van der Waals surface area contributed by atoms with Crippen LogP contribution < -0.4 is 5.32 Å². The zero-order chi connectivity index (χ0) is 14.7. The Hall–Kier alpha value is -2.06. The van der Waals surface area contributed by atoms with Gasteiger partial charge in [-0.25, -0.2) is 9.97 Å². The highest BCUT2D eigenvalue weighted by molar-refractivity contribution is 6.33. The van der Waals surface area contributed by atoms with Crippen LogP contribution in [0, 0.1) is 24.2 Å². The molecule has 2 rings (SSSR count). The molecule has 20 heavy (non-hydrogen) atoms. The van der Waals surface area contributed by atoms with E-state index in [1.165, 1.54) is 0 Å². The summed E-state index contributed by atoms with van der Waals surface area (Å²) >= 11 is 6.18. The van der Waals surface area contributed by atoms with Gasteiger partial charge in [0.15, 0.2) is 0 Å². The first-order valence-electron chi connectivity index (χ1n) is 6.36. The van der Waals surface area contributed by atoms with E-state index < -0.39 is 0 Å². The SMILES string of the molecule is Cc1nc(N[C@H](c2ncc[nH]2)C(C)C)c(Cl)cc1C#N. The lowest BCUT2D eigenvalue weighted by Gasteiger charge is -2.22. The quantitative estimate of drug-likeness (QED) is 0.904. The van der Waals surface area contributed by atoms with E-state index in [0.717, 1.165) is 5.82 Å². The van der Waals surface area contributed by atoms with Gasteiger partial charge in [0.05, 0.1) is 22.3 Å². The van der Waals surface area contributed by atoms with Gasteiger partial charge in [-0.1, -0.05) is 25.4 Å². The molecule has 2 heterocycles. The lowest BCUT2D eigenvalue weighted by atomic mass is 10.0. The lowest BCUT2D eigenvalue weighted by molar-refractivity contribution is 0.524. The first kappa shape index (κ1) is 14.4. The highest BCUT2D eigenvalue weighted by Crippen LogP contribution is 2.28. The molecule has 0 saturated heterocycles. The Morgan fingerprint density at radius 1 is 1.45 bits per heavy atom. The second-order valence-corrected chi connectivity index (χ2v) is 5.31. The van der Waals surface area contributed by atoms with Crippen LogP contribution in [-0.2, 0) is 0 Å². The molecule has 2 aromatic heterocycles. The number of pyridine rings is 1. The fraction of sp³-hybridized carbons (Fsp3) is 0.357. The van der Waals surface area contributed by atoms with Crippen LogP contribution in [0.5, 0.6) is 0 Å². The summed E-state index contributed by atoms with van der Waals surface area (Å²) in [6, 6.07) is 3.68. The van der Waals surface area contributed by atoms with Crippen LogP contribution in [-0.4, -0.2) is 15.0 Å². The Morgan fingerprint density at radius 2 is 2.20 bits per heavy atom. The summed E-state index contributed by atoms with van der Waals surface area (Å²) in [5, 5.41) is 12.7. The number of aromatic amines is 1. The molecule has 0 aromatic carbocycles. The van der Waals surface area contributed by atoms with Crippen molar-refractivity contribution in [3.05, 3.63) is 40.6 Å². The number of aromatic nitrogens is 3. The molecule has 0 unspecified atom stereocenters. The van der Waals surface area contributed by atoms with E-state index in [4.69, 9.17) is 16.9 Å². The molecule has 0 spiro atoms. The molecule has 104 valence electrons. The number of anilines is 1. The number of imidazole rings is 1. The summed E-state index contributed by atoms with van der Waals surface area (Å²) in [6.45, 7) is 5.96. The van der Waals surface area contributed by atoms with Gasteiger partial charge in [0, 0.05) is 12.4 Å². The van der Waals surface area contributed by atoms with Crippen LogP contribution in [0.15, 0.2) is 18.5 Å². The molecule has 1 atom stereocenters. The third kappa shape index (κ3) is 2.91. The molecule has 6 heteroatoms. The molecule has 0 aliphatic rings. The zero-order valence-corrected chi connectivity index (χ0v) is 12.4. The van der Waals surface area contributed by atoms with E-state index in [9.17, 15) is 0 Å². The van der Waals surface area contributed by atoms with Crippen molar-refractivity contribution < 1.29 is 0 Å². The van der Waals surface area contributed by atoms with Gasteiger partial charge >= 0.3 is 0 Å². The number of halogens is 1. The molecule has 0 bridgehead atoms. The smallest absolute Gasteiger partial charge is 0.145 e. The number of nitrogens with zero attached hydrogens (tertiary/aromatic N) is 3. The average Bonchev–Trinajstić information content (AvgIpc) is 2.92. The van der Waals surface area contributed by atoms with E-state index in [0.29, 0.717) is 28.0 Å². The molecular weight excluding hydrogens is 274 g/mol. The average molecular weight is 290 g/mol. The minimum atomic E-state index is -0.0256. The maximum absolute atomic E-state index is 8.97. The van der Waals surface area contributed by atoms with Crippen LogP contribution in [0.1, 0.15) is 37.0 Å². The van der Waals surface area contributed by atoms with Crippen molar-refractivity contribution in [1.82, 2.24) is 15.0 Å². The summed E-state index contributed by atoms with van der Waals surface area (Å²) in [7, 11) is 0. The first-order valence-corrected chi connectivity index (χ1v) is 6.73. The molecule has 0 aliphatic heterocycles. The van der Waals surface area contributed by atoms with Crippen LogP contribution in [0.3, 0.4) is 0 Å². The van der Waals surface area contributed by atoms with Crippen molar-refractivity contribution in [1.29, 1.82) is 5.26 Å². The third-order valence-corrected chi connectivity index (χ3v) is 3.35. The number of H-pyrrole nitrogens is 1. The normalized spacial score (nSPS) is 12.2. The van der Waals surface area contributed by atoms with Crippen molar-refractivity contribution >= 4 is 17.4 Å². The van der Waals surface area contributed by atoms with Crippen molar-refractivity contribution in [2.75, 3.05) is 5.32 Å². The fourth-order valence-corrected chi connectivity index (χ4v) is 2.15. The highest BCUT2D eigenvalue weighted by atomic mass is 35.5. The molecule has 2 aromatic rings. The summed E-state index contributed by atoms with van der Waals surface area (Å²) in [5.41, 5.74) is 1.14. The van der Waals surface area contributed by atoms with Gasteiger partial charge in [0.25, 0.3) is 0 Å². The topological polar surface area (TPSA) is 77.4 Å². The number of hydrogen-bond donors (Lipinski definition) is 2. The number of aryl methyl sites for hydroxylation is 1. The van der Waals surface area contributed by atoms with Gasteiger partial charge in [0.2, 0.25) is 0 Å². The minimum absolute atomic E-state index is 0.0256. The zero-order valence-electron chi connectivity index (χ0n) is 11.6. The molecule has 0 saturated carbocycles. The van der Waals surface area contributed by atoms with Gasteiger partial charge in [-0.05, 0) is 18.9 Å². The monoisotopic (exact) mass is 289 g/mol. The maximum Gasteiger partial charge on any atom is 0.145 e. The van der Waals surface area contributed by atoms with Gasteiger partial charge in [-0.3, -0.25) is 0 Å². The minimum Gasteiger partial charge on any atom is -0.359 e. The summed E-state index contributed by atoms with van der Waals surface area (Å²) in [4.78, 5) is 11.7. The van der Waals surface area contributed by atoms with Gasteiger partial charge < -0.3 is 10.3 Å². The molecule has 0 amide bonds. The van der Waals surface area contributed by atoms with E-state index >= 15 is 0 Å². The van der Waals surface area contributed by atoms with Crippen LogP contribution in [0.25, 0.3) is 0 Å². The second kappa shape index (κ2) is 5.93. The number of nitriles is 1. The van der Waals surface area contributed by atoms with Crippen molar-refractivity contribution in [3.8, 4) is 6.07 Å². The predicted octanol–water partition coefficient (Wildman–Crippen LogP) is 3.45. The number of hydrogen-bond acceptors (Lipinski definition) is 4. The summed E-state index contributed by atoms with van der Waals surface area (Å²) < 4.78 is 0.